The summed E-state index contributed by atoms with van der Waals surface area (Å²) in [5.74, 6) is 1.32. The molecule has 2 aromatic carbocycles. The van der Waals surface area contributed by atoms with E-state index in [1.54, 1.807) is 12.1 Å². The third-order valence-corrected chi connectivity index (χ3v) is 2.95. The molecule has 1 aliphatic rings. The predicted molar refractivity (Wildman–Crippen MR) is 71.2 cm³/mol. The van der Waals surface area contributed by atoms with Crippen molar-refractivity contribution in [3.05, 3.63) is 53.8 Å². The summed E-state index contributed by atoms with van der Waals surface area (Å²) < 4.78 is 23.8. The largest absolute Gasteiger partial charge is 0.486 e. The normalized spacial score (nSPS) is 13.1. The molecule has 98 valence electrons. The first-order valence-electron chi connectivity index (χ1n) is 6.19. The first kappa shape index (κ1) is 11.8. The number of fused-ring (bicyclic) bond motifs is 1. The minimum absolute atomic E-state index is 0.219. The molecule has 0 amide bonds. The van der Waals surface area contributed by atoms with Crippen LogP contribution < -0.4 is 14.8 Å². The standard InChI is InChI=1S/C15H14FNO2/c16-12-3-1-11(2-4-12)10-17-13-5-6-14-15(9-13)19-8-7-18-14/h1-6,9,17H,7-8,10H2. The summed E-state index contributed by atoms with van der Waals surface area (Å²) in [5.41, 5.74) is 1.98. The van der Waals surface area contributed by atoms with Crippen molar-refractivity contribution in [3.8, 4) is 11.5 Å². The van der Waals surface area contributed by atoms with E-state index in [-0.39, 0.29) is 5.82 Å². The number of benzene rings is 2. The molecule has 1 aliphatic heterocycles. The van der Waals surface area contributed by atoms with Crippen molar-refractivity contribution >= 4 is 5.69 Å². The molecule has 0 saturated heterocycles. The third-order valence-electron chi connectivity index (χ3n) is 2.95. The van der Waals surface area contributed by atoms with Gasteiger partial charge in [0.25, 0.3) is 0 Å². The van der Waals surface area contributed by atoms with Gasteiger partial charge < -0.3 is 14.8 Å². The van der Waals surface area contributed by atoms with Crippen LogP contribution in [-0.4, -0.2) is 13.2 Å². The number of nitrogens with one attached hydrogen (secondary N) is 1. The second-order valence-electron chi connectivity index (χ2n) is 4.34. The molecule has 0 aliphatic carbocycles. The number of halogens is 1. The number of hydrogen-bond acceptors (Lipinski definition) is 3. The molecular formula is C15H14FNO2. The van der Waals surface area contributed by atoms with Crippen molar-refractivity contribution in [1.29, 1.82) is 0 Å². The zero-order valence-corrected chi connectivity index (χ0v) is 10.4. The van der Waals surface area contributed by atoms with Gasteiger partial charge in [0.05, 0.1) is 0 Å². The van der Waals surface area contributed by atoms with Crippen LogP contribution in [0.5, 0.6) is 11.5 Å². The average Bonchev–Trinajstić information content (AvgIpc) is 2.46. The number of hydrogen-bond donors (Lipinski definition) is 1. The maximum absolute atomic E-state index is 12.8. The van der Waals surface area contributed by atoms with Gasteiger partial charge in [0, 0.05) is 18.3 Å². The molecule has 19 heavy (non-hydrogen) atoms. The Morgan fingerprint density at radius 1 is 0.947 bits per heavy atom. The molecular weight excluding hydrogens is 245 g/mol. The summed E-state index contributed by atoms with van der Waals surface area (Å²) in [6.45, 7) is 1.81. The Hall–Kier alpha value is -2.23. The maximum atomic E-state index is 12.8. The summed E-state index contributed by atoms with van der Waals surface area (Å²) in [7, 11) is 0. The lowest BCUT2D eigenvalue weighted by Crippen LogP contribution is -2.15. The average molecular weight is 259 g/mol. The van der Waals surface area contributed by atoms with Gasteiger partial charge in [-0.25, -0.2) is 4.39 Å². The molecule has 3 nitrogen and oxygen atoms in total. The highest BCUT2D eigenvalue weighted by Gasteiger charge is 2.11. The minimum atomic E-state index is -0.219. The Balaban J connectivity index is 1.68. The van der Waals surface area contributed by atoms with E-state index in [0.717, 1.165) is 22.7 Å². The van der Waals surface area contributed by atoms with Gasteiger partial charge in [-0.05, 0) is 29.8 Å². The van der Waals surface area contributed by atoms with Crippen LogP contribution in [0.3, 0.4) is 0 Å². The first-order chi connectivity index (χ1) is 9.31. The lowest BCUT2D eigenvalue weighted by molar-refractivity contribution is 0.171. The van der Waals surface area contributed by atoms with E-state index in [2.05, 4.69) is 5.32 Å². The SMILES string of the molecule is Fc1ccc(CNc2ccc3c(c2)OCCO3)cc1. The van der Waals surface area contributed by atoms with Gasteiger partial charge in [0.1, 0.15) is 19.0 Å². The Morgan fingerprint density at radius 2 is 1.68 bits per heavy atom. The molecule has 1 N–H and O–H groups in total. The van der Waals surface area contributed by atoms with Gasteiger partial charge in [-0.2, -0.15) is 0 Å². The highest BCUT2D eigenvalue weighted by molar-refractivity contribution is 5.55. The molecule has 0 spiro atoms. The van der Waals surface area contributed by atoms with Gasteiger partial charge in [-0.3, -0.25) is 0 Å². The van der Waals surface area contributed by atoms with Crippen molar-refractivity contribution in [2.45, 2.75) is 6.54 Å². The Kier molecular flexibility index (Phi) is 3.23. The van der Waals surface area contributed by atoms with Gasteiger partial charge in [-0.1, -0.05) is 12.1 Å². The molecule has 0 saturated carbocycles. The summed E-state index contributed by atoms with van der Waals surface area (Å²) in [6, 6.07) is 12.2. The molecule has 0 unspecified atom stereocenters. The van der Waals surface area contributed by atoms with Crippen LogP contribution in [0.15, 0.2) is 42.5 Å². The quantitative estimate of drug-likeness (QED) is 0.918. The highest BCUT2D eigenvalue weighted by Crippen LogP contribution is 2.32. The summed E-state index contributed by atoms with van der Waals surface area (Å²) in [6.07, 6.45) is 0. The minimum Gasteiger partial charge on any atom is -0.486 e. The van der Waals surface area contributed by atoms with Crippen LogP contribution in [0, 0.1) is 5.82 Å². The van der Waals surface area contributed by atoms with Crippen LogP contribution in [0.1, 0.15) is 5.56 Å². The Bertz CT molecular complexity index is 569. The molecule has 0 radical (unpaired) electrons. The van der Waals surface area contributed by atoms with Crippen molar-refractivity contribution in [3.63, 3.8) is 0 Å². The maximum Gasteiger partial charge on any atom is 0.163 e. The van der Waals surface area contributed by atoms with E-state index < -0.39 is 0 Å². The van der Waals surface area contributed by atoms with Crippen molar-refractivity contribution in [1.82, 2.24) is 0 Å². The van der Waals surface area contributed by atoms with Crippen molar-refractivity contribution < 1.29 is 13.9 Å². The summed E-state index contributed by atoms with van der Waals surface area (Å²) >= 11 is 0. The fourth-order valence-electron chi connectivity index (χ4n) is 1.96. The van der Waals surface area contributed by atoms with E-state index in [1.807, 2.05) is 18.2 Å². The second-order valence-corrected chi connectivity index (χ2v) is 4.34. The topological polar surface area (TPSA) is 30.5 Å². The van der Waals surface area contributed by atoms with E-state index in [1.165, 1.54) is 12.1 Å². The predicted octanol–water partition coefficient (Wildman–Crippen LogP) is 3.21. The zero-order valence-electron chi connectivity index (χ0n) is 10.4. The van der Waals surface area contributed by atoms with E-state index in [9.17, 15) is 4.39 Å². The lowest BCUT2D eigenvalue weighted by Gasteiger charge is -2.19. The highest BCUT2D eigenvalue weighted by atomic mass is 19.1. The molecule has 2 aromatic rings. The molecule has 0 aromatic heterocycles. The first-order valence-corrected chi connectivity index (χ1v) is 6.19. The Morgan fingerprint density at radius 3 is 2.47 bits per heavy atom. The summed E-state index contributed by atoms with van der Waals surface area (Å²) in [4.78, 5) is 0. The van der Waals surface area contributed by atoms with Gasteiger partial charge in [0.2, 0.25) is 0 Å². The van der Waals surface area contributed by atoms with Crippen LogP contribution in [0.2, 0.25) is 0 Å². The van der Waals surface area contributed by atoms with Gasteiger partial charge in [-0.15, -0.1) is 0 Å². The van der Waals surface area contributed by atoms with Crippen molar-refractivity contribution in [2.24, 2.45) is 0 Å². The van der Waals surface area contributed by atoms with Crippen LogP contribution >= 0.6 is 0 Å². The molecule has 0 bridgehead atoms. The zero-order chi connectivity index (χ0) is 13.1. The van der Waals surface area contributed by atoms with E-state index >= 15 is 0 Å². The van der Waals surface area contributed by atoms with E-state index in [0.29, 0.717) is 19.8 Å². The molecule has 3 rings (SSSR count). The third kappa shape index (κ3) is 2.78. The van der Waals surface area contributed by atoms with Crippen molar-refractivity contribution in [2.75, 3.05) is 18.5 Å². The van der Waals surface area contributed by atoms with Gasteiger partial charge in [0.15, 0.2) is 11.5 Å². The smallest absolute Gasteiger partial charge is 0.163 e. The van der Waals surface area contributed by atoms with Crippen LogP contribution in [0.25, 0.3) is 0 Å². The van der Waals surface area contributed by atoms with Crippen LogP contribution in [-0.2, 0) is 6.54 Å². The van der Waals surface area contributed by atoms with Crippen LogP contribution in [0.4, 0.5) is 10.1 Å². The monoisotopic (exact) mass is 259 g/mol. The number of rotatable bonds is 3. The number of anilines is 1. The fraction of sp³-hybridized carbons (Fsp3) is 0.200. The Labute approximate surface area is 111 Å². The molecule has 1 heterocycles. The molecule has 4 heteroatoms. The lowest BCUT2D eigenvalue weighted by atomic mass is 10.2. The summed E-state index contributed by atoms with van der Waals surface area (Å²) in [5, 5.41) is 3.27. The molecule has 0 fully saturated rings. The fourth-order valence-corrected chi connectivity index (χ4v) is 1.96. The van der Waals surface area contributed by atoms with E-state index in [4.69, 9.17) is 9.47 Å². The van der Waals surface area contributed by atoms with Gasteiger partial charge >= 0.3 is 0 Å². The second kappa shape index (κ2) is 5.18. The number of ether oxygens (including phenoxy) is 2. The molecule has 0 atom stereocenters.